The molecule has 0 amide bonds. The van der Waals surface area contributed by atoms with E-state index >= 15 is 0 Å². The summed E-state index contributed by atoms with van der Waals surface area (Å²) < 4.78 is 30.5. The van der Waals surface area contributed by atoms with Crippen molar-refractivity contribution in [2.75, 3.05) is 21.3 Å². The number of rotatable bonds is 6. The van der Waals surface area contributed by atoms with Crippen LogP contribution in [0.5, 0.6) is 0 Å². The van der Waals surface area contributed by atoms with Gasteiger partial charge in [0.15, 0.2) is 0 Å². The van der Waals surface area contributed by atoms with Crippen LogP contribution in [0.3, 0.4) is 0 Å². The minimum atomic E-state index is -3.69. The molecule has 0 fully saturated rings. The van der Waals surface area contributed by atoms with Crippen LogP contribution in [0, 0.1) is 0 Å². The molecule has 0 spiro atoms. The Morgan fingerprint density at radius 3 is 2.16 bits per heavy atom. The van der Waals surface area contributed by atoms with Gasteiger partial charge in [-0.05, 0) is 5.56 Å². The predicted molar refractivity (Wildman–Crippen MR) is 69.1 cm³/mol. The van der Waals surface area contributed by atoms with Gasteiger partial charge in [0.05, 0.1) is 7.11 Å². The van der Waals surface area contributed by atoms with Gasteiger partial charge in [0.2, 0.25) is 0 Å². The molecule has 0 unspecified atom stereocenters. The smallest absolute Gasteiger partial charge is 0.465 e. The van der Waals surface area contributed by atoms with Gasteiger partial charge in [0.25, 0.3) is 0 Å². The topological polar surface area (TPSA) is 71.1 Å². The molecule has 1 rings (SSSR count). The zero-order chi connectivity index (χ0) is 14.3. The fraction of sp³-hybridized carbons (Fsp3) is 0.250. The Labute approximate surface area is 111 Å². The molecule has 19 heavy (non-hydrogen) atoms. The number of carbonyl (C=O) groups excluding carboxylic acids is 1. The SMILES string of the molecule is COC(=O)/C(=C\OP(=O)(OC)OC)c1ccccc1. The average Bonchev–Trinajstić information content (AvgIpc) is 2.48. The van der Waals surface area contributed by atoms with Gasteiger partial charge in [0, 0.05) is 14.2 Å². The van der Waals surface area contributed by atoms with Crippen LogP contribution in [0.15, 0.2) is 36.6 Å². The average molecular weight is 286 g/mol. The van der Waals surface area contributed by atoms with Gasteiger partial charge in [-0.15, -0.1) is 0 Å². The molecule has 0 atom stereocenters. The Morgan fingerprint density at radius 1 is 1.11 bits per heavy atom. The molecule has 1 aromatic carbocycles. The Morgan fingerprint density at radius 2 is 1.68 bits per heavy atom. The first-order valence-electron chi connectivity index (χ1n) is 5.30. The highest BCUT2D eigenvalue weighted by Gasteiger charge is 2.24. The van der Waals surface area contributed by atoms with Gasteiger partial charge < -0.3 is 9.26 Å². The van der Waals surface area contributed by atoms with E-state index < -0.39 is 13.8 Å². The number of phosphoric acid groups is 1. The second-order valence-corrected chi connectivity index (χ2v) is 5.14. The van der Waals surface area contributed by atoms with Crippen molar-refractivity contribution in [2.45, 2.75) is 0 Å². The Balaban J connectivity index is 3.06. The van der Waals surface area contributed by atoms with E-state index in [0.717, 1.165) is 6.26 Å². The highest BCUT2D eigenvalue weighted by atomic mass is 31.2. The molecule has 6 nitrogen and oxygen atoms in total. The normalized spacial score (nSPS) is 12.1. The van der Waals surface area contributed by atoms with Crippen molar-refractivity contribution in [3.63, 3.8) is 0 Å². The summed E-state index contributed by atoms with van der Waals surface area (Å²) in [4.78, 5) is 11.7. The molecule has 0 heterocycles. The molecular formula is C12H15O6P. The molecule has 0 bridgehead atoms. The highest BCUT2D eigenvalue weighted by molar-refractivity contribution is 7.48. The summed E-state index contributed by atoms with van der Waals surface area (Å²) in [6, 6.07) is 8.68. The molecule has 0 aliphatic heterocycles. The van der Waals surface area contributed by atoms with Crippen LogP contribution < -0.4 is 0 Å². The summed E-state index contributed by atoms with van der Waals surface area (Å²) in [7, 11) is -0.0904. The van der Waals surface area contributed by atoms with Crippen molar-refractivity contribution < 1.29 is 27.7 Å². The standard InChI is InChI=1S/C12H15O6P/c1-15-12(13)11(10-7-5-4-6-8-10)9-18-19(14,16-2)17-3/h4-9H,1-3H3/b11-9-. The highest BCUT2D eigenvalue weighted by Crippen LogP contribution is 2.48. The van der Waals surface area contributed by atoms with Crippen LogP contribution in [0.4, 0.5) is 0 Å². The van der Waals surface area contributed by atoms with Crippen LogP contribution in [-0.4, -0.2) is 27.3 Å². The number of methoxy groups -OCH3 is 1. The lowest BCUT2D eigenvalue weighted by molar-refractivity contribution is -0.133. The molecule has 7 heteroatoms. The first-order chi connectivity index (χ1) is 9.06. The second kappa shape index (κ2) is 7.09. The van der Waals surface area contributed by atoms with Crippen molar-refractivity contribution in [1.82, 2.24) is 0 Å². The molecule has 1 aromatic rings. The Bertz CT molecular complexity index is 488. The summed E-state index contributed by atoms with van der Waals surface area (Å²) in [6.07, 6.45) is 1.01. The van der Waals surface area contributed by atoms with Gasteiger partial charge in [0.1, 0.15) is 11.8 Å². The summed E-state index contributed by atoms with van der Waals surface area (Å²) in [5.41, 5.74) is 0.672. The largest absolute Gasteiger partial charge is 0.528 e. The van der Waals surface area contributed by atoms with E-state index in [1.54, 1.807) is 30.3 Å². The van der Waals surface area contributed by atoms with E-state index in [0.29, 0.717) is 5.56 Å². The number of carbonyl (C=O) groups is 1. The van der Waals surface area contributed by atoms with Crippen molar-refractivity contribution >= 4 is 19.4 Å². The minimum Gasteiger partial charge on any atom is -0.465 e. The maximum absolute atomic E-state index is 11.7. The Kier molecular flexibility index (Phi) is 5.76. The zero-order valence-electron chi connectivity index (χ0n) is 10.9. The van der Waals surface area contributed by atoms with Crippen LogP contribution in [0.2, 0.25) is 0 Å². The van der Waals surface area contributed by atoms with Crippen LogP contribution >= 0.6 is 7.82 Å². The summed E-state index contributed by atoms with van der Waals surface area (Å²) in [6.45, 7) is 0. The fourth-order valence-corrected chi connectivity index (χ4v) is 1.80. The summed E-state index contributed by atoms with van der Waals surface area (Å²) in [5.74, 6) is -0.620. The van der Waals surface area contributed by atoms with E-state index in [-0.39, 0.29) is 5.57 Å². The summed E-state index contributed by atoms with van der Waals surface area (Å²) >= 11 is 0. The first-order valence-corrected chi connectivity index (χ1v) is 6.76. The quantitative estimate of drug-likeness (QED) is 0.346. The maximum Gasteiger partial charge on any atom is 0.528 e. The lowest BCUT2D eigenvalue weighted by Gasteiger charge is -2.12. The van der Waals surface area contributed by atoms with Crippen LogP contribution in [0.25, 0.3) is 5.57 Å². The van der Waals surface area contributed by atoms with Gasteiger partial charge in [-0.2, -0.15) is 0 Å². The molecule has 0 radical (unpaired) electrons. The second-order valence-electron chi connectivity index (χ2n) is 3.31. The van der Waals surface area contributed by atoms with Gasteiger partial charge in [-0.3, -0.25) is 9.05 Å². The first kappa shape index (κ1) is 15.4. The number of benzene rings is 1. The lowest BCUT2D eigenvalue weighted by Crippen LogP contribution is -2.04. The maximum atomic E-state index is 11.7. The third-order valence-electron chi connectivity index (χ3n) is 2.24. The number of hydrogen-bond acceptors (Lipinski definition) is 6. The third-order valence-corrected chi connectivity index (χ3v) is 3.50. The molecule has 0 saturated carbocycles. The fourth-order valence-electron chi connectivity index (χ4n) is 1.24. The number of ether oxygens (including phenoxy) is 1. The molecule has 104 valence electrons. The monoisotopic (exact) mass is 286 g/mol. The molecule has 0 aliphatic carbocycles. The summed E-state index contributed by atoms with van der Waals surface area (Å²) in [5, 5.41) is 0. The predicted octanol–water partition coefficient (Wildman–Crippen LogP) is 2.62. The van der Waals surface area contributed by atoms with E-state index in [9.17, 15) is 9.36 Å². The van der Waals surface area contributed by atoms with Gasteiger partial charge in [-0.1, -0.05) is 30.3 Å². The van der Waals surface area contributed by atoms with E-state index in [1.165, 1.54) is 21.3 Å². The van der Waals surface area contributed by atoms with Crippen LogP contribution in [-0.2, 0) is 27.7 Å². The van der Waals surface area contributed by atoms with Crippen molar-refractivity contribution in [1.29, 1.82) is 0 Å². The van der Waals surface area contributed by atoms with Gasteiger partial charge >= 0.3 is 13.8 Å². The number of hydrogen-bond donors (Lipinski definition) is 0. The van der Waals surface area contributed by atoms with E-state index in [4.69, 9.17) is 4.52 Å². The van der Waals surface area contributed by atoms with Gasteiger partial charge in [-0.25, -0.2) is 9.36 Å². The molecule has 0 saturated heterocycles. The zero-order valence-corrected chi connectivity index (χ0v) is 11.8. The number of esters is 1. The van der Waals surface area contributed by atoms with Crippen molar-refractivity contribution in [3.8, 4) is 0 Å². The Hall–Kier alpha value is -1.62. The molecular weight excluding hydrogens is 271 g/mol. The van der Waals surface area contributed by atoms with Crippen molar-refractivity contribution in [2.24, 2.45) is 0 Å². The van der Waals surface area contributed by atoms with Crippen LogP contribution in [0.1, 0.15) is 5.56 Å². The third kappa shape index (κ3) is 4.21. The minimum absolute atomic E-state index is 0.109. The molecule has 0 N–H and O–H groups in total. The van der Waals surface area contributed by atoms with E-state index in [2.05, 4.69) is 13.8 Å². The van der Waals surface area contributed by atoms with Crippen molar-refractivity contribution in [3.05, 3.63) is 42.2 Å². The number of phosphoric ester groups is 1. The lowest BCUT2D eigenvalue weighted by atomic mass is 10.1. The molecule has 0 aliphatic rings. The van der Waals surface area contributed by atoms with E-state index in [1.807, 2.05) is 0 Å². The molecule has 0 aromatic heterocycles.